The van der Waals surface area contributed by atoms with E-state index in [4.69, 9.17) is 39.8 Å². The molecule has 36 heavy (non-hydrogen) atoms. The number of amides is 2. The highest BCUT2D eigenvalue weighted by molar-refractivity contribution is 6.36. The molecule has 0 saturated heterocycles. The van der Waals surface area contributed by atoms with Crippen LogP contribution in [-0.4, -0.2) is 21.8 Å². The molecular weight excluding hydrogens is 542 g/mol. The lowest BCUT2D eigenvalue weighted by Crippen LogP contribution is -2.16. The van der Waals surface area contributed by atoms with Crippen molar-refractivity contribution in [1.82, 2.24) is 9.97 Å². The monoisotopic (exact) mass is 562 g/mol. The molecule has 4 aromatic rings. The average Bonchev–Trinajstić information content (AvgIpc) is 3.42. The van der Waals surface area contributed by atoms with E-state index in [9.17, 15) is 9.59 Å². The molecule has 1 heterocycles. The summed E-state index contributed by atoms with van der Waals surface area (Å²) in [7, 11) is 0. The minimum Gasteiger partial charge on any atom is -0.341 e. The minimum absolute atomic E-state index is 0. The number of nitrogens with zero attached hydrogens (tertiary/aromatic N) is 1. The number of H-pyrrole nitrogens is 1. The standard InChI is InChI=1S/C26H21Cl3N4O2.ClH/c1-13-18(28)4-3-5-20(13)31-24(35)17-11-15(30-23(34)16-10-14(27)6-7-19(16)29)12-21-22(17)33-25(32-21)26(2)8-9-26;/h3-7,10-12H,8-9H2,1-2H3,(H,30,34)(H,31,35)(H,32,33);1H. The van der Waals surface area contributed by atoms with E-state index in [1.165, 1.54) is 6.07 Å². The Hall–Kier alpha value is -2.77. The lowest BCUT2D eigenvalue weighted by molar-refractivity contribution is 0.101. The topological polar surface area (TPSA) is 86.9 Å². The first-order chi connectivity index (χ1) is 16.6. The SMILES string of the molecule is Cc1c(Cl)cccc1NC(=O)c1cc(NC(=O)c2cc(Cl)ccc2Cl)cc2[nH]c(C3(C)CC3)nc12.Cl. The van der Waals surface area contributed by atoms with Crippen LogP contribution in [0.4, 0.5) is 11.4 Å². The number of halogens is 4. The summed E-state index contributed by atoms with van der Waals surface area (Å²) in [6.07, 6.45) is 2.04. The summed E-state index contributed by atoms with van der Waals surface area (Å²) in [6.45, 7) is 3.96. The van der Waals surface area contributed by atoms with Gasteiger partial charge >= 0.3 is 0 Å². The molecule has 0 bridgehead atoms. The van der Waals surface area contributed by atoms with Gasteiger partial charge in [0.15, 0.2) is 0 Å². The Kier molecular flexibility index (Phi) is 7.26. The first-order valence-corrected chi connectivity index (χ1v) is 12.2. The third-order valence-electron chi connectivity index (χ3n) is 6.35. The minimum atomic E-state index is -0.442. The number of carbonyl (C=O) groups is 2. The number of carbonyl (C=O) groups excluding carboxylic acids is 2. The molecule has 1 aliphatic carbocycles. The predicted molar refractivity (Wildman–Crippen MR) is 148 cm³/mol. The van der Waals surface area contributed by atoms with E-state index in [1.807, 2.05) is 6.92 Å². The zero-order valence-corrected chi connectivity index (χ0v) is 22.4. The molecule has 0 atom stereocenters. The quantitative estimate of drug-likeness (QED) is 0.231. The van der Waals surface area contributed by atoms with E-state index >= 15 is 0 Å². The van der Waals surface area contributed by atoms with Gasteiger partial charge in [0, 0.05) is 26.8 Å². The number of aromatic amines is 1. The Balaban J connectivity index is 0.00000304. The molecule has 10 heteroatoms. The van der Waals surface area contributed by atoms with Gasteiger partial charge in [-0.25, -0.2) is 4.98 Å². The van der Waals surface area contributed by atoms with Crippen molar-refractivity contribution in [2.75, 3.05) is 10.6 Å². The number of anilines is 2. The van der Waals surface area contributed by atoms with Crippen molar-refractivity contribution < 1.29 is 9.59 Å². The van der Waals surface area contributed by atoms with Crippen LogP contribution < -0.4 is 10.6 Å². The summed E-state index contributed by atoms with van der Waals surface area (Å²) in [5.41, 5.74) is 3.47. The van der Waals surface area contributed by atoms with Crippen molar-refractivity contribution in [2.45, 2.75) is 32.1 Å². The fourth-order valence-electron chi connectivity index (χ4n) is 3.88. The molecule has 6 nitrogen and oxygen atoms in total. The Morgan fingerprint density at radius 3 is 2.39 bits per heavy atom. The van der Waals surface area contributed by atoms with Crippen molar-refractivity contribution in [2.24, 2.45) is 0 Å². The van der Waals surface area contributed by atoms with E-state index < -0.39 is 5.91 Å². The second-order valence-electron chi connectivity index (χ2n) is 9.01. The lowest BCUT2D eigenvalue weighted by Gasteiger charge is -2.12. The summed E-state index contributed by atoms with van der Waals surface area (Å²) in [5.74, 6) is 0.0147. The maximum atomic E-state index is 13.4. The molecule has 3 N–H and O–H groups in total. The summed E-state index contributed by atoms with van der Waals surface area (Å²) >= 11 is 18.5. The van der Waals surface area contributed by atoms with Gasteiger partial charge in [0.05, 0.1) is 21.7 Å². The molecule has 1 aliphatic rings. The third kappa shape index (κ3) is 5.04. The van der Waals surface area contributed by atoms with E-state index in [2.05, 4.69) is 22.5 Å². The number of hydrogen-bond acceptors (Lipinski definition) is 3. The van der Waals surface area contributed by atoms with Crippen molar-refractivity contribution in [3.05, 3.63) is 86.1 Å². The smallest absolute Gasteiger partial charge is 0.258 e. The van der Waals surface area contributed by atoms with Crippen LogP contribution in [0.2, 0.25) is 15.1 Å². The van der Waals surface area contributed by atoms with Gasteiger partial charge in [-0.3, -0.25) is 9.59 Å². The van der Waals surface area contributed by atoms with Gasteiger partial charge < -0.3 is 15.6 Å². The van der Waals surface area contributed by atoms with Crippen LogP contribution >= 0.6 is 47.2 Å². The van der Waals surface area contributed by atoms with Gasteiger partial charge in [0.25, 0.3) is 11.8 Å². The maximum absolute atomic E-state index is 13.4. The number of fused-ring (bicyclic) bond motifs is 1. The molecular formula is C26H22Cl4N4O2. The Labute approximate surface area is 229 Å². The average molecular weight is 564 g/mol. The maximum Gasteiger partial charge on any atom is 0.258 e. The highest BCUT2D eigenvalue weighted by Gasteiger charge is 2.42. The molecule has 186 valence electrons. The summed E-state index contributed by atoms with van der Waals surface area (Å²) in [4.78, 5) is 34.5. The highest BCUT2D eigenvalue weighted by Crippen LogP contribution is 2.47. The van der Waals surface area contributed by atoms with E-state index in [0.717, 1.165) is 24.2 Å². The van der Waals surface area contributed by atoms with Crippen molar-refractivity contribution >= 4 is 81.4 Å². The van der Waals surface area contributed by atoms with Crippen LogP contribution in [0.25, 0.3) is 11.0 Å². The van der Waals surface area contributed by atoms with Gasteiger partial charge in [-0.15, -0.1) is 12.4 Å². The van der Waals surface area contributed by atoms with Crippen LogP contribution in [0.1, 0.15) is 51.9 Å². The first-order valence-electron chi connectivity index (χ1n) is 11.0. The van der Waals surface area contributed by atoms with Gasteiger partial charge in [-0.2, -0.15) is 0 Å². The van der Waals surface area contributed by atoms with E-state index in [-0.39, 0.29) is 34.3 Å². The van der Waals surface area contributed by atoms with Gasteiger partial charge in [-0.1, -0.05) is 47.8 Å². The molecule has 0 radical (unpaired) electrons. The van der Waals surface area contributed by atoms with E-state index in [1.54, 1.807) is 42.5 Å². The summed E-state index contributed by atoms with van der Waals surface area (Å²) < 4.78 is 0. The van der Waals surface area contributed by atoms with Crippen molar-refractivity contribution in [1.29, 1.82) is 0 Å². The fourth-order valence-corrected chi connectivity index (χ4v) is 4.43. The Morgan fingerprint density at radius 2 is 1.67 bits per heavy atom. The predicted octanol–water partition coefficient (Wildman–Crippen LogP) is 7.81. The van der Waals surface area contributed by atoms with Crippen LogP contribution in [0, 0.1) is 6.92 Å². The fraction of sp³-hybridized carbons (Fsp3) is 0.192. The number of hydrogen-bond donors (Lipinski definition) is 3. The molecule has 0 aliphatic heterocycles. The number of nitrogens with one attached hydrogen (secondary N) is 3. The molecule has 3 aromatic carbocycles. The zero-order chi connectivity index (χ0) is 24.9. The zero-order valence-electron chi connectivity index (χ0n) is 19.3. The molecule has 2 amide bonds. The number of benzene rings is 3. The third-order valence-corrected chi connectivity index (χ3v) is 7.32. The van der Waals surface area contributed by atoms with Crippen LogP contribution in [0.5, 0.6) is 0 Å². The Bertz CT molecular complexity index is 1510. The van der Waals surface area contributed by atoms with Crippen LogP contribution in [-0.2, 0) is 5.41 Å². The first kappa shape index (κ1) is 26.3. The second kappa shape index (κ2) is 9.94. The normalized spacial score (nSPS) is 13.7. The highest BCUT2D eigenvalue weighted by atomic mass is 35.5. The molecule has 1 fully saturated rings. The van der Waals surface area contributed by atoms with Crippen molar-refractivity contribution in [3.63, 3.8) is 0 Å². The molecule has 0 unspecified atom stereocenters. The van der Waals surface area contributed by atoms with Crippen LogP contribution in [0.3, 0.4) is 0 Å². The summed E-state index contributed by atoms with van der Waals surface area (Å²) in [5, 5.41) is 6.97. The molecule has 5 rings (SSSR count). The largest absolute Gasteiger partial charge is 0.341 e. The lowest BCUT2D eigenvalue weighted by atomic mass is 10.1. The molecule has 1 saturated carbocycles. The molecule has 0 spiro atoms. The van der Waals surface area contributed by atoms with Gasteiger partial charge in [0.1, 0.15) is 11.3 Å². The Morgan fingerprint density at radius 1 is 0.944 bits per heavy atom. The second-order valence-corrected chi connectivity index (χ2v) is 10.3. The molecule has 1 aromatic heterocycles. The van der Waals surface area contributed by atoms with Gasteiger partial charge in [-0.05, 0) is 67.8 Å². The van der Waals surface area contributed by atoms with Gasteiger partial charge in [0.2, 0.25) is 0 Å². The number of aromatic nitrogens is 2. The number of rotatable bonds is 5. The number of imidazole rings is 1. The van der Waals surface area contributed by atoms with E-state index in [0.29, 0.717) is 38.0 Å². The van der Waals surface area contributed by atoms with Crippen molar-refractivity contribution in [3.8, 4) is 0 Å². The summed E-state index contributed by atoms with van der Waals surface area (Å²) in [6, 6.07) is 13.3. The van der Waals surface area contributed by atoms with Crippen LogP contribution in [0.15, 0.2) is 48.5 Å².